The SMILES string of the molecule is C[C@H](Cn1ccnc1)NC(=O)c1occc1-c1ccccc1. The number of amides is 1. The van der Waals surface area contributed by atoms with E-state index in [-0.39, 0.29) is 11.9 Å². The third kappa shape index (κ3) is 3.09. The Hall–Kier alpha value is -2.82. The number of nitrogens with zero attached hydrogens (tertiary/aromatic N) is 2. The van der Waals surface area contributed by atoms with Gasteiger partial charge in [0.25, 0.3) is 5.91 Å². The molecule has 2 heterocycles. The van der Waals surface area contributed by atoms with Crippen molar-refractivity contribution in [3.05, 3.63) is 67.1 Å². The van der Waals surface area contributed by atoms with E-state index in [9.17, 15) is 4.79 Å². The molecule has 0 aliphatic heterocycles. The minimum absolute atomic E-state index is 0.0320. The number of carbonyl (C=O) groups is 1. The number of carbonyl (C=O) groups excluding carboxylic acids is 1. The number of benzene rings is 1. The Morgan fingerprint density at radius 1 is 1.32 bits per heavy atom. The van der Waals surface area contributed by atoms with Gasteiger partial charge < -0.3 is 14.3 Å². The summed E-state index contributed by atoms with van der Waals surface area (Å²) < 4.78 is 7.31. The van der Waals surface area contributed by atoms with Crippen LogP contribution in [-0.2, 0) is 6.54 Å². The van der Waals surface area contributed by atoms with Gasteiger partial charge in [0.05, 0.1) is 12.6 Å². The molecule has 0 aliphatic carbocycles. The summed E-state index contributed by atoms with van der Waals surface area (Å²) in [7, 11) is 0. The van der Waals surface area contributed by atoms with E-state index >= 15 is 0 Å². The van der Waals surface area contributed by atoms with Crippen LogP contribution in [-0.4, -0.2) is 21.5 Å². The highest BCUT2D eigenvalue weighted by atomic mass is 16.3. The summed E-state index contributed by atoms with van der Waals surface area (Å²) >= 11 is 0. The predicted octanol–water partition coefficient (Wildman–Crippen LogP) is 2.96. The summed E-state index contributed by atoms with van der Waals surface area (Å²) in [5.41, 5.74) is 1.76. The van der Waals surface area contributed by atoms with Crippen LogP contribution in [0.3, 0.4) is 0 Å². The second kappa shape index (κ2) is 6.30. The topological polar surface area (TPSA) is 60.1 Å². The van der Waals surface area contributed by atoms with Crippen molar-refractivity contribution in [3.63, 3.8) is 0 Å². The first-order chi connectivity index (χ1) is 10.7. The number of rotatable bonds is 5. The van der Waals surface area contributed by atoms with E-state index in [2.05, 4.69) is 10.3 Å². The highest BCUT2D eigenvalue weighted by Crippen LogP contribution is 2.24. The quantitative estimate of drug-likeness (QED) is 0.787. The Morgan fingerprint density at radius 2 is 2.14 bits per heavy atom. The molecule has 0 aliphatic rings. The summed E-state index contributed by atoms with van der Waals surface area (Å²) in [5, 5.41) is 2.95. The van der Waals surface area contributed by atoms with Crippen molar-refractivity contribution >= 4 is 5.91 Å². The molecule has 3 aromatic rings. The van der Waals surface area contributed by atoms with Crippen LogP contribution in [0.2, 0.25) is 0 Å². The van der Waals surface area contributed by atoms with Crippen LogP contribution in [0.15, 0.2) is 65.8 Å². The lowest BCUT2D eigenvalue weighted by atomic mass is 10.1. The van der Waals surface area contributed by atoms with Crippen molar-refractivity contribution in [2.24, 2.45) is 0 Å². The minimum atomic E-state index is -0.212. The van der Waals surface area contributed by atoms with E-state index in [4.69, 9.17) is 4.42 Å². The fourth-order valence-corrected chi connectivity index (χ4v) is 2.38. The average Bonchev–Trinajstić information content (AvgIpc) is 3.18. The molecule has 1 amide bonds. The van der Waals surface area contributed by atoms with Crippen molar-refractivity contribution < 1.29 is 9.21 Å². The molecule has 1 atom stereocenters. The average molecular weight is 295 g/mol. The molecule has 0 radical (unpaired) electrons. The monoisotopic (exact) mass is 295 g/mol. The molecule has 0 unspecified atom stereocenters. The maximum Gasteiger partial charge on any atom is 0.287 e. The predicted molar refractivity (Wildman–Crippen MR) is 83.3 cm³/mol. The maximum absolute atomic E-state index is 12.4. The third-order valence-corrected chi connectivity index (χ3v) is 3.38. The number of hydrogen-bond acceptors (Lipinski definition) is 3. The van der Waals surface area contributed by atoms with Gasteiger partial charge in [0.2, 0.25) is 0 Å². The highest BCUT2D eigenvalue weighted by Gasteiger charge is 2.18. The van der Waals surface area contributed by atoms with Crippen molar-refractivity contribution in [1.29, 1.82) is 0 Å². The van der Waals surface area contributed by atoms with Gasteiger partial charge >= 0.3 is 0 Å². The lowest BCUT2D eigenvalue weighted by molar-refractivity contribution is 0.0909. The summed E-state index contributed by atoms with van der Waals surface area (Å²) in [5.74, 6) is 0.125. The van der Waals surface area contributed by atoms with Crippen molar-refractivity contribution in [1.82, 2.24) is 14.9 Å². The molecule has 0 fully saturated rings. The molecule has 112 valence electrons. The summed E-state index contributed by atoms with van der Waals surface area (Å²) in [6.07, 6.45) is 6.85. The normalized spacial score (nSPS) is 12.0. The Morgan fingerprint density at radius 3 is 2.86 bits per heavy atom. The maximum atomic E-state index is 12.4. The van der Waals surface area contributed by atoms with Crippen LogP contribution in [0.25, 0.3) is 11.1 Å². The number of imidazole rings is 1. The molecule has 5 nitrogen and oxygen atoms in total. The van der Waals surface area contributed by atoms with E-state index in [0.717, 1.165) is 11.1 Å². The molecule has 2 aromatic heterocycles. The number of furan rings is 1. The zero-order valence-corrected chi connectivity index (χ0v) is 12.3. The molecule has 0 saturated carbocycles. The fourth-order valence-electron chi connectivity index (χ4n) is 2.38. The van der Waals surface area contributed by atoms with Crippen LogP contribution < -0.4 is 5.32 Å². The van der Waals surface area contributed by atoms with E-state index < -0.39 is 0 Å². The third-order valence-electron chi connectivity index (χ3n) is 3.38. The minimum Gasteiger partial charge on any atom is -0.459 e. The Labute approximate surface area is 128 Å². The van der Waals surface area contributed by atoms with Crippen LogP contribution in [0, 0.1) is 0 Å². The van der Waals surface area contributed by atoms with Crippen LogP contribution in [0.1, 0.15) is 17.5 Å². The molecule has 1 aromatic carbocycles. The molecular formula is C17H17N3O2. The fraction of sp³-hybridized carbons (Fsp3) is 0.176. The molecule has 3 rings (SSSR count). The van der Waals surface area contributed by atoms with Gasteiger partial charge in [-0.2, -0.15) is 0 Å². The summed E-state index contributed by atoms with van der Waals surface area (Å²) in [6, 6.07) is 11.5. The lowest BCUT2D eigenvalue weighted by Gasteiger charge is -2.14. The van der Waals surface area contributed by atoms with Gasteiger partial charge in [-0.25, -0.2) is 4.98 Å². The van der Waals surface area contributed by atoms with Gasteiger partial charge in [0.1, 0.15) is 0 Å². The molecule has 5 heteroatoms. The first-order valence-electron chi connectivity index (χ1n) is 7.13. The Kier molecular flexibility index (Phi) is 4.05. The van der Waals surface area contributed by atoms with Crippen molar-refractivity contribution in [3.8, 4) is 11.1 Å². The smallest absolute Gasteiger partial charge is 0.287 e. The van der Waals surface area contributed by atoms with Crippen molar-refractivity contribution in [2.75, 3.05) is 0 Å². The van der Waals surface area contributed by atoms with E-state index in [1.165, 1.54) is 6.26 Å². The molecule has 0 bridgehead atoms. The molecule has 22 heavy (non-hydrogen) atoms. The first kappa shape index (κ1) is 14.1. The van der Waals surface area contributed by atoms with Crippen molar-refractivity contribution in [2.45, 2.75) is 19.5 Å². The second-order valence-corrected chi connectivity index (χ2v) is 5.16. The van der Waals surface area contributed by atoms with Gasteiger partial charge in [-0.1, -0.05) is 30.3 Å². The number of hydrogen-bond donors (Lipinski definition) is 1. The van der Waals surface area contributed by atoms with E-state index in [1.807, 2.05) is 54.1 Å². The first-order valence-corrected chi connectivity index (χ1v) is 7.13. The molecular weight excluding hydrogens is 278 g/mol. The zero-order chi connectivity index (χ0) is 15.4. The van der Waals surface area contributed by atoms with Gasteiger partial charge in [-0.3, -0.25) is 4.79 Å². The standard InChI is InChI=1S/C17H17N3O2/c1-13(11-20-9-8-18-12-20)19-17(21)16-15(7-10-22-16)14-5-3-2-4-6-14/h2-10,12-13H,11H2,1H3,(H,19,21)/t13-/m1/s1. The second-order valence-electron chi connectivity index (χ2n) is 5.16. The largest absolute Gasteiger partial charge is 0.459 e. The van der Waals surface area contributed by atoms with Gasteiger partial charge in [-0.15, -0.1) is 0 Å². The van der Waals surface area contributed by atoms with Crippen LogP contribution in [0.5, 0.6) is 0 Å². The molecule has 0 spiro atoms. The van der Waals surface area contributed by atoms with E-state index in [1.54, 1.807) is 12.5 Å². The summed E-state index contributed by atoms with van der Waals surface area (Å²) in [4.78, 5) is 16.4. The lowest BCUT2D eigenvalue weighted by Crippen LogP contribution is -2.35. The Bertz CT molecular complexity index is 732. The Balaban J connectivity index is 1.72. The van der Waals surface area contributed by atoms with Crippen LogP contribution >= 0.6 is 0 Å². The van der Waals surface area contributed by atoms with Crippen LogP contribution in [0.4, 0.5) is 0 Å². The molecule has 1 N–H and O–H groups in total. The van der Waals surface area contributed by atoms with Gasteiger partial charge in [0, 0.05) is 30.5 Å². The van der Waals surface area contributed by atoms with Gasteiger partial charge in [-0.05, 0) is 18.6 Å². The molecule has 0 saturated heterocycles. The van der Waals surface area contributed by atoms with Gasteiger partial charge in [0.15, 0.2) is 5.76 Å². The van der Waals surface area contributed by atoms with E-state index in [0.29, 0.717) is 12.3 Å². The summed E-state index contributed by atoms with van der Waals surface area (Å²) in [6.45, 7) is 2.61. The number of nitrogens with one attached hydrogen (secondary N) is 1. The number of aromatic nitrogens is 2. The zero-order valence-electron chi connectivity index (χ0n) is 12.3. The highest BCUT2D eigenvalue weighted by molar-refractivity contribution is 5.98.